The lowest BCUT2D eigenvalue weighted by molar-refractivity contribution is 0.114. The van der Waals surface area contributed by atoms with Gasteiger partial charge in [0.25, 0.3) is 0 Å². The van der Waals surface area contributed by atoms with Crippen molar-refractivity contribution in [2.24, 2.45) is 29.6 Å². The predicted octanol–water partition coefficient (Wildman–Crippen LogP) is 13.8. The van der Waals surface area contributed by atoms with Crippen LogP contribution in [0, 0.1) is 29.6 Å². The minimum absolute atomic E-state index is 0.131. The number of rotatable bonds is 6. The second-order valence-electron chi connectivity index (χ2n) is 16.9. The first-order chi connectivity index (χ1) is 27.3. The van der Waals surface area contributed by atoms with Crippen molar-refractivity contribution in [2.75, 3.05) is 9.80 Å². The zero-order valence-electron chi connectivity index (χ0n) is 31.0. The summed E-state index contributed by atoms with van der Waals surface area (Å²) >= 11 is 0. The molecule has 2 heteroatoms. The lowest BCUT2D eigenvalue weighted by atomic mass is 9.56. The Morgan fingerprint density at radius 2 is 1.13 bits per heavy atom. The van der Waals surface area contributed by atoms with E-state index in [9.17, 15) is 0 Å². The maximum atomic E-state index is 2.74. The Labute approximate surface area is 324 Å². The molecular formula is C53H44N2. The first-order valence-corrected chi connectivity index (χ1v) is 20.5. The molecule has 55 heavy (non-hydrogen) atoms. The maximum absolute atomic E-state index is 2.74. The van der Waals surface area contributed by atoms with Gasteiger partial charge in [0, 0.05) is 44.9 Å². The number of hydrogen-bond donors (Lipinski definition) is 0. The normalized spacial score (nSPS) is 26.7. The van der Waals surface area contributed by atoms with E-state index in [0.717, 1.165) is 17.8 Å². The van der Waals surface area contributed by atoms with Crippen LogP contribution in [0.15, 0.2) is 188 Å². The Kier molecular flexibility index (Phi) is 6.91. The van der Waals surface area contributed by atoms with Gasteiger partial charge in [-0.15, -0.1) is 0 Å². The fraction of sp³-hybridized carbons (Fsp3) is 0.208. The van der Waals surface area contributed by atoms with Crippen molar-refractivity contribution in [3.8, 4) is 0 Å². The molecule has 7 unspecified atom stereocenters. The molecule has 7 aromatic rings. The summed E-state index contributed by atoms with van der Waals surface area (Å²) in [4.78, 5) is 5.07. The van der Waals surface area contributed by atoms with E-state index in [0.29, 0.717) is 17.8 Å². The molecule has 6 aliphatic rings. The number of para-hydroxylation sites is 2. The highest BCUT2D eigenvalue weighted by Gasteiger charge is 2.69. The molecular weight excluding hydrogens is 665 g/mol. The number of allylic oxidation sites excluding steroid dienone is 3. The molecule has 266 valence electrons. The van der Waals surface area contributed by atoms with Crippen LogP contribution >= 0.6 is 0 Å². The molecule has 7 atom stereocenters. The highest BCUT2D eigenvalue weighted by atomic mass is 15.2. The minimum atomic E-state index is 0.131. The first-order valence-electron chi connectivity index (χ1n) is 20.5. The van der Waals surface area contributed by atoms with Crippen LogP contribution in [0.25, 0.3) is 21.5 Å². The highest BCUT2D eigenvalue weighted by molar-refractivity contribution is 5.99. The van der Waals surface area contributed by atoms with E-state index in [1.807, 2.05) is 0 Å². The summed E-state index contributed by atoms with van der Waals surface area (Å²) < 4.78 is 0. The van der Waals surface area contributed by atoms with Crippen LogP contribution in [0.1, 0.15) is 42.7 Å². The van der Waals surface area contributed by atoms with Gasteiger partial charge in [0.15, 0.2) is 0 Å². The third-order valence-electron chi connectivity index (χ3n) is 14.5. The van der Waals surface area contributed by atoms with Crippen molar-refractivity contribution in [3.63, 3.8) is 0 Å². The summed E-state index contributed by atoms with van der Waals surface area (Å²) in [6.07, 6.45) is 13.4. The first kappa shape index (κ1) is 31.5. The van der Waals surface area contributed by atoms with Gasteiger partial charge in [0.05, 0.1) is 11.4 Å². The molecule has 4 fully saturated rings. The molecule has 0 radical (unpaired) electrons. The van der Waals surface area contributed by atoms with Gasteiger partial charge in [-0.25, -0.2) is 0 Å². The minimum Gasteiger partial charge on any atom is -0.310 e. The Morgan fingerprint density at radius 1 is 0.509 bits per heavy atom. The lowest BCUT2D eigenvalue weighted by Crippen LogP contribution is -2.45. The van der Waals surface area contributed by atoms with Crippen LogP contribution in [0.3, 0.4) is 0 Å². The van der Waals surface area contributed by atoms with Crippen LogP contribution in [0.5, 0.6) is 0 Å². The molecule has 4 saturated carbocycles. The van der Waals surface area contributed by atoms with Gasteiger partial charge in [0.2, 0.25) is 0 Å². The standard InChI is InChI=1S/C53H44N2/c1-3-17-40(18-4-1)54(51-23-11-15-36-13-7-9-21-44(36)51)42-25-27-46-47-28-26-43(34-50(47)53(49(46)33-42)39-30-35-29-38(32-39)48(53)31-35)55(41-19-5-2-6-20-41)52-24-12-16-37-14-8-10-22-45(37)52/h1-28,33-35,38-39,46,48-49H,29-32H2. The molecule has 0 amide bonds. The number of hydrogen-bond acceptors (Lipinski definition) is 2. The van der Waals surface area contributed by atoms with Gasteiger partial charge in [-0.1, -0.05) is 127 Å². The van der Waals surface area contributed by atoms with Crippen LogP contribution < -0.4 is 9.80 Å². The Hall–Kier alpha value is -5.86. The zero-order valence-corrected chi connectivity index (χ0v) is 31.0. The van der Waals surface area contributed by atoms with Gasteiger partial charge < -0.3 is 9.80 Å². The Morgan fingerprint density at radius 3 is 1.82 bits per heavy atom. The van der Waals surface area contributed by atoms with Crippen molar-refractivity contribution >= 4 is 50.0 Å². The second-order valence-corrected chi connectivity index (χ2v) is 16.9. The fourth-order valence-corrected chi connectivity index (χ4v) is 12.7. The largest absolute Gasteiger partial charge is 0.310 e. The topological polar surface area (TPSA) is 6.48 Å². The summed E-state index contributed by atoms with van der Waals surface area (Å²) in [6, 6.07) is 60.9. The van der Waals surface area contributed by atoms with Crippen LogP contribution in [0.4, 0.5) is 28.4 Å². The highest BCUT2D eigenvalue weighted by Crippen LogP contribution is 2.75. The second kappa shape index (κ2) is 12.1. The molecule has 0 N–H and O–H groups in total. The number of benzene rings is 7. The van der Waals surface area contributed by atoms with Gasteiger partial charge in [0.1, 0.15) is 0 Å². The zero-order chi connectivity index (χ0) is 36.1. The van der Waals surface area contributed by atoms with Gasteiger partial charge in [-0.3, -0.25) is 0 Å². The van der Waals surface area contributed by atoms with Crippen LogP contribution in [-0.2, 0) is 5.41 Å². The fourth-order valence-electron chi connectivity index (χ4n) is 12.7. The lowest BCUT2D eigenvalue weighted by Gasteiger charge is -2.48. The number of fused-ring (bicyclic) bond motifs is 5. The summed E-state index contributed by atoms with van der Waals surface area (Å²) in [5, 5.41) is 5.11. The maximum Gasteiger partial charge on any atom is 0.0540 e. The van der Waals surface area contributed by atoms with E-state index in [2.05, 4.69) is 192 Å². The molecule has 4 bridgehead atoms. The molecule has 0 saturated heterocycles. The predicted molar refractivity (Wildman–Crippen MR) is 229 cm³/mol. The van der Waals surface area contributed by atoms with E-state index in [4.69, 9.17) is 0 Å². The molecule has 7 aromatic carbocycles. The molecule has 1 spiro atoms. The SMILES string of the molecule is C1=CC2c3ccc(N(c4ccccc4)c4cccc5ccccc45)cc3C3(C4CC5CC(C4)C3C5)C2C=C1N(c1ccccc1)c1cccc2ccccc12. The van der Waals surface area contributed by atoms with Crippen molar-refractivity contribution < 1.29 is 0 Å². The van der Waals surface area contributed by atoms with E-state index in [1.54, 1.807) is 11.1 Å². The monoisotopic (exact) mass is 708 g/mol. The van der Waals surface area contributed by atoms with Crippen LogP contribution in [-0.4, -0.2) is 0 Å². The van der Waals surface area contributed by atoms with E-state index < -0.39 is 0 Å². The van der Waals surface area contributed by atoms with Gasteiger partial charge >= 0.3 is 0 Å². The molecule has 0 heterocycles. The quantitative estimate of drug-likeness (QED) is 0.170. The third kappa shape index (κ3) is 4.55. The average molecular weight is 709 g/mol. The molecule has 0 aliphatic heterocycles. The van der Waals surface area contributed by atoms with E-state index in [1.165, 1.54) is 81.4 Å². The third-order valence-corrected chi connectivity index (χ3v) is 14.5. The molecule has 6 aliphatic carbocycles. The molecule has 0 aromatic heterocycles. The van der Waals surface area contributed by atoms with E-state index in [-0.39, 0.29) is 5.41 Å². The summed E-state index contributed by atoms with van der Waals surface area (Å²) in [5.74, 6) is 3.98. The summed E-state index contributed by atoms with van der Waals surface area (Å²) in [5.41, 5.74) is 10.8. The van der Waals surface area contributed by atoms with E-state index >= 15 is 0 Å². The summed E-state index contributed by atoms with van der Waals surface area (Å²) in [6.45, 7) is 0. The van der Waals surface area contributed by atoms with Crippen molar-refractivity contribution in [1.29, 1.82) is 0 Å². The average Bonchev–Trinajstić information content (AvgIpc) is 3.78. The Balaban J connectivity index is 1.06. The molecule has 2 nitrogen and oxygen atoms in total. The van der Waals surface area contributed by atoms with Crippen LogP contribution in [0.2, 0.25) is 0 Å². The van der Waals surface area contributed by atoms with Crippen molar-refractivity contribution in [3.05, 3.63) is 199 Å². The number of nitrogens with zero attached hydrogens (tertiary/aromatic N) is 2. The van der Waals surface area contributed by atoms with Gasteiger partial charge in [-0.2, -0.15) is 0 Å². The van der Waals surface area contributed by atoms with Crippen molar-refractivity contribution in [1.82, 2.24) is 0 Å². The van der Waals surface area contributed by atoms with Crippen molar-refractivity contribution in [2.45, 2.75) is 37.0 Å². The van der Waals surface area contributed by atoms with Gasteiger partial charge in [-0.05, 0) is 132 Å². The Bertz CT molecular complexity index is 2660. The molecule has 13 rings (SSSR count). The smallest absolute Gasteiger partial charge is 0.0540 e. The summed E-state index contributed by atoms with van der Waals surface area (Å²) in [7, 11) is 0. The number of anilines is 5.